The number of hydrogen-bond donors (Lipinski definition) is 1. The van der Waals surface area contributed by atoms with Crippen molar-refractivity contribution >= 4 is 29.3 Å². The molecule has 0 spiro atoms. The highest BCUT2D eigenvalue weighted by Gasteiger charge is 2.48. The van der Waals surface area contributed by atoms with Gasteiger partial charge in [0.1, 0.15) is 0 Å². The summed E-state index contributed by atoms with van der Waals surface area (Å²) in [7, 11) is 0. The van der Waals surface area contributed by atoms with Gasteiger partial charge < -0.3 is 15.0 Å². The Hall–Kier alpha value is -1.53. The average molecular weight is 334 g/mol. The van der Waals surface area contributed by atoms with Crippen LogP contribution in [-0.4, -0.2) is 42.4 Å². The highest BCUT2D eigenvalue weighted by molar-refractivity contribution is 8.02. The van der Waals surface area contributed by atoms with E-state index in [1.54, 1.807) is 11.8 Å². The number of carbonyl (C=O) groups is 2. The van der Waals surface area contributed by atoms with Crippen molar-refractivity contribution in [2.24, 2.45) is 0 Å². The lowest BCUT2D eigenvalue weighted by molar-refractivity contribution is -0.131. The van der Waals surface area contributed by atoms with Crippen LogP contribution >= 0.6 is 11.8 Å². The number of thioether (sulfide) groups is 1. The van der Waals surface area contributed by atoms with Crippen LogP contribution in [0.4, 0.5) is 5.69 Å². The molecule has 0 saturated carbocycles. The molecule has 124 valence electrons. The van der Waals surface area contributed by atoms with E-state index in [0.29, 0.717) is 13.1 Å². The number of nitrogens with zero attached hydrogens (tertiary/aromatic N) is 1. The Morgan fingerprint density at radius 2 is 2.26 bits per heavy atom. The summed E-state index contributed by atoms with van der Waals surface area (Å²) in [6.45, 7) is 5.41. The van der Waals surface area contributed by atoms with Gasteiger partial charge in [-0.05, 0) is 38.8 Å². The zero-order valence-electron chi connectivity index (χ0n) is 13.5. The molecule has 0 aromatic heterocycles. The van der Waals surface area contributed by atoms with Crippen LogP contribution in [0.1, 0.15) is 26.7 Å². The maximum Gasteiger partial charge on any atom is 0.252 e. The molecule has 23 heavy (non-hydrogen) atoms. The number of hydrogen-bond acceptors (Lipinski definition) is 4. The molecule has 1 aromatic rings. The summed E-state index contributed by atoms with van der Waals surface area (Å²) in [6, 6.07) is 7.73. The second kappa shape index (κ2) is 6.53. The molecule has 1 N–H and O–H groups in total. The van der Waals surface area contributed by atoms with Crippen LogP contribution in [0, 0.1) is 0 Å². The first-order valence-corrected chi connectivity index (χ1v) is 8.88. The molecule has 6 heteroatoms. The van der Waals surface area contributed by atoms with E-state index < -0.39 is 4.75 Å². The van der Waals surface area contributed by atoms with Crippen molar-refractivity contribution in [1.29, 1.82) is 0 Å². The number of carbonyl (C=O) groups excluding carboxylic acids is 2. The SMILES string of the molecule is CCN1C(=O)C(C)(C(=O)NCC2CCCO2)Sc2ccccc21. The molecule has 2 aliphatic heterocycles. The summed E-state index contributed by atoms with van der Waals surface area (Å²) in [5.41, 5.74) is 0.884. The second-order valence-corrected chi connectivity index (χ2v) is 7.46. The lowest BCUT2D eigenvalue weighted by Crippen LogP contribution is -2.57. The smallest absolute Gasteiger partial charge is 0.252 e. The third kappa shape index (κ3) is 2.97. The summed E-state index contributed by atoms with van der Waals surface area (Å²) in [5.74, 6) is -0.399. The molecule has 2 unspecified atom stereocenters. The Bertz CT molecular complexity index is 616. The number of anilines is 1. The third-order valence-electron chi connectivity index (χ3n) is 4.39. The van der Waals surface area contributed by atoms with Gasteiger partial charge in [-0.1, -0.05) is 23.9 Å². The number of amides is 2. The minimum Gasteiger partial charge on any atom is -0.376 e. The first-order chi connectivity index (χ1) is 11.1. The number of benzene rings is 1. The van der Waals surface area contributed by atoms with E-state index in [2.05, 4.69) is 5.32 Å². The summed E-state index contributed by atoms with van der Waals surface area (Å²) in [5, 5.41) is 2.91. The Morgan fingerprint density at radius 3 is 2.96 bits per heavy atom. The summed E-state index contributed by atoms with van der Waals surface area (Å²) >= 11 is 1.33. The van der Waals surface area contributed by atoms with Gasteiger partial charge in [-0.15, -0.1) is 0 Å². The molecule has 5 nitrogen and oxygen atoms in total. The summed E-state index contributed by atoms with van der Waals surface area (Å²) in [6.07, 6.45) is 2.06. The maximum atomic E-state index is 12.9. The number of fused-ring (bicyclic) bond motifs is 1. The van der Waals surface area contributed by atoms with E-state index >= 15 is 0 Å². The van der Waals surface area contributed by atoms with E-state index in [9.17, 15) is 9.59 Å². The van der Waals surface area contributed by atoms with Crippen LogP contribution < -0.4 is 10.2 Å². The van der Waals surface area contributed by atoms with Gasteiger partial charge in [0.25, 0.3) is 5.91 Å². The predicted octanol–water partition coefficient (Wildman–Crippen LogP) is 2.20. The van der Waals surface area contributed by atoms with Gasteiger partial charge in [-0.3, -0.25) is 9.59 Å². The van der Waals surface area contributed by atoms with Crippen molar-refractivity contribution < 1.29 is 14.3 Å². The normalized spacial score (nSPS) is 27.0. The number of para-hydroxylation sites is 1. The van der Waals surface area contributed by atoms with Gasteiger partial charge in [-0.2, -0.15) is 0 Å². The van der Waals surface area contributed by atoms with Crippen LogP contribution in [0.25, 0.3) is 0 Å². The predicted molar refractivity (Wildman–Crippen MR) is 90.7 cm³/mol. The summed E-state index contributed by atoms with van der Waals surface area (Å²) in [4.78, 5) is 28.3. The Kier molecular flexibility index (Phi) is 4.64. The van der Waals surface area contributed by atoms with Gasteiger partial charge in [0.05, 0.1) is 11.8 Å². The van der Waals surface area contributed by atoms with Gasteiger partial charge in [0.2, 0.25) is 5.91 Å². The van der Waals surface area contributed by atoms with Crippen molar-refractivity contribution in [1.82, 2.24) is 5.32 Å². The van der Waals surface area contributed by atoms with Crippen molar-refractivity contribution in [3.63, 3.8) is 0 Å². The molecule has 2 aliphatic rings. The molecule has 1 fully saturated rings. The highest BCUT2D eigenvalue weighted by Crippen LogP contribution is 2.45. The standard InChI is InChI=1S/C17H22N2O3S/c1-3-19-13-8-4-5-9-14(13)23-17(2,16(19)21)15(20)18-11-12-7-6-10-22-12/h4-5,8-9,12H,3,6-7,10-11H2,1-2H3,(H,18,20). The van der Waals surface area contributed by atoms with Gasteiger partial charge >= 0.3 is 0 Å². The first kappa shape index (κ1) is 16.3. The van der Waals surface area contributed by atoms with E-state index in [4.69, 9.17) is 4.74 Å². The molecule has 3 rings (SSSR count). The minimum absolute atomic E-state index is 0.0702. The maximum absolute atomic E-state index is 12.9. The lowest BCUT2D eigenvalue weighted by atomic mass is 10.1. The molecular formula is C17H22N2O3S. The molecule has 0 bridgehead atoms. The monoisotopic (exact) mass is 334 g/mol. The topological polar surface area (TPSA) is 58.6 Å². The zero-order valence-corrected chi connectivity index (χ0v) is 14.3. The molecule has 1 saturated heterocycles. The fourth-order valence-electron chi connectivity index (χ4n) is 3.03. The van der Waals surface area contributed by atoms with Crippen LogP contribution in [-0.2, 0) is 14.3 Å². The molecule has 0 aliphatic carbocycles. The van der Waals surface area contributed by atoms with Crippen molar-refractivity contribution in [3.8, 4) is 0 Å². The molecular weight excluding hydrogens is 312 g/mol. The number of rotatable bonds is 4. The Morgan fingerprint density at radius 1 is 1.48 bits per heavy atom. The van der Waals surface area contributed by atoms with E-state index in [1.807, 2.05) is 31.2 Å². The molecule has 2 heterocycles. The quantitative estimate of drug-likeness (QED) is 0.858. The van der Waals surface area contributed by atoms with Gasteiger partial charge in [0.15, 0.2) is 4.75 Å². The second-order valence-electron chi connectivity index (χ2n) is 6.00. The largest absolute Gasteiger partial charge is 0.376 e. The fourth-order valence-corrected chi connectivity index (χ4v) is 4.27. The summed E-state index contributed by atoms with van der Waals surface area (Å²) < 4.78 is 4.40. The Balaban J connectivity index is 1.79. The van der Waals surface area contributed by atoms with E-state index in [0.717, 1.165) is 30.0 Å². The first-order valence-electron chi connectivity index (χ1n) is 8.06. The van der Waals surface area contributed by atoms with Crippen molar-refractivity contribution in [2.75, 3.05) is 24.6 Å². The van der Waals surface area contributed by atoms with Crippen molar-refractivity contribution in [2.45, 2.75) is 42.4 Å². The van der Waals surface area contributed by atoms with Crippen LogP contribution in [0.15, 0.2) is 29.2 Å². The number of nitrogens with one attached hydrogen (secondary N) is 1. The molecule has 1 aromatic carbocycles. The number of ether oxygens (including phenoxy) is 1. The highest BCUT2D eigenvalue weighted by atomic mass is 32.2. The molecule has 2 atom stereocenters. The molecule has 2 amide bonds. The van der Waals surface area contributed by atoms with Gasteiger partial charge in [0, 0.05) is 24.6 Å². The van der Waals surface area contributed by atoms with Crippen LogP contribution in [0.3, 0.4) is 0 Å². The third-order valence-corrected chi connectivity index (χ3v) is 5.72. The fraction of sp³-hybridized carbons (Fsp3) is 0.529. The van der Waals surface area contributed by atoms with Crippen LogP contribution in [0.5, 0.6) is 0 Å². The van der Waals surface area contributed by atoms with E-state index in [-0.39, 0.29) is 17.9 Å². The molecule has 0 radical (unpaired) electrons. The Labute approximate surface area is 140 Å². The van der Waals surface area contributed by atoms with E-state index in [1.165, 1.54) is 11.8 Å². The zero-order chi connectivity index (χ0) is 16.4. The average Bonchev–Trinajstić information content (AvgIpc) is 3.07. The minimum atomic E-state index is -1.14. The van der Waals surface area contributed by atoms with Crippen molar-refractivity contribution in [3.05, 3.63) is 24.3 Å². The lowest BCUT2D eigenvalue weighted by Gasteiger charge is -2.38. The van der Waals surface area contributed by atoms with Crippen LogP contribution in [0.2, 0.25) is 0 Å². The van der Waals surface area contributed by atoms with Gasteiger partial charge in [-0.25, -0.2) is 0 Å².